The van der Waals surface area contributed by atoms with Crippen LogP contribution in [0.1, 0.15) is 161 Å². The molecule has 2 heterocycles. The van der Waals surface area contributed by atoms with E-state index in [9.17, 15) is 20.6 Å². The van der Waals surface area contributed by atoms with Gasteiger partial charge in [-0.25, -0.2) is 0 Å². The summed E-state index contributed by atoms with van der Waals surface area (Å²) >= 11 is 0. The molecular weight excluding hydrogens is 797 g/mol. The zero-order chi connectivity index (χ0) is 46.5. The van der Waals surface area contributed by atoms with Gasteiger partial charge in [-0.2, -0.15) is 9.46 Å². The second-order valence-electron chi connectivity index (χ2n) is 22.0. The van der Waals surface area contributed by atoms with Crippen molar-refractivity contribution >= 4 is 0 Å². The molecule has 1 aliphatic rings. The van der Waals surface area contributed by atoms with Gasteiger partial charge in [-0.15, -0.1) is 0 Å². The van der Waals surface area contributed by atoms with Crippen LogP contribution >= 0.6 is 0 Å². The zero-order valence-electron chi connectivity index (χ0n) is 39.9. The van der Waals surface area contributed by atoms with Gasteiger partial charge in [0.05, 0.1) is 0 Å². The first-order valence-corrected chi connectivity index (χ1v) is 22.5. The summed E-state index contributed by atoms with van der Waals surface area (Å²) in [5.41, 5.74) is 12.0. The fourth-order valence-corrected chi connectivity index (χ4v) is 8.41. The van der Waals surface area contributed by atoms with Gasteiger partial charge in [-0.05, 0) is 88.4 Å². The average molecular weight is 863 g/mol. The number of benzene rings is 4. The van der Waals surface area contributed by atoms with Gasteiger partial charge in [0.1, 0.15) is 36.2 Å². The van der Waals surface area contributed by atoms with Crippen LogP contribution in [0.5, 0.6) is 23.0 Å². The Morgan fingerprint density at radius 3 is 0.844 bits per heavy atom. The van der Waals surface area contributed by atoms with E-state index in [1.807, 2.05) is 0 Å². The van der Waals surface area contributed by atoms with Crippen LogP contribution in [0.4, 0.5) is 0 Å². The predicted molar refractivity (Wildman–Crippen MR) is 255 cm³/mol. The number of hydrogen-bond acceptors (Lipinski definition) is 6. The number of rotatable bonds is 6. The van der Waals surface area contributed by atoms with E-state index in [2.05, 4.69) is 132 Å². The van der Waals surface area contributed by atoms with E-state index in [0.29, 0.717) is 37.2 Å². The van der Waals surface area contributed by atoms with Crippen molar-refractivity contribution in [2.45, 2.75) is 144 Å². The summed E-state index contributed by atoms with van der Waals surface area (Å²) in [7, 11) is 0. The van der Waals surface area contributed by atoms with E-state index in [4.69, 9.17) is 9.47 Å². The number of aromatic hydroxyl groups is 2. The molecule has 0 spiro atoms. The van der Waals surface area contributed by atoms with E-state index in [1.54, 1.807) is 24.3 Å². The van der Waals surface area contributed by atoms with Gasteiger partial charge in [0.2, 0.25) is 0 Å². The molecule has 0 fully saturated rings. The second kappa shape index (κ2) is 17.2. The van der Waals surface area contributed by atoms with Gasteiger partial charge in [0.15, 0.2) is 24.8 Å². The Morgan fingerprint density at radius 2 is 0.625 bits per heavy atom. The number of phenols is 2. The standard InChI is InChI=1S/C56H66N2O6/c1-53(2,3)45-25-37-21-41-29-47(55(7,8)9)31-43(51(41)63-33-35-13-17-57(61)18-14-35)23-39-27-46(54(4,5)6)28-40(50(39)60)24-44-32-48(56(10,11)12)30-42(22-38(26-45)49(37)59)52(44)64-34-36-15-19-58(62)20-16-36/h13-20,25-32,59-60H,21-24,33-34H2,1-12H3. The second-order valence-corrected chi connectivity index (χ2v) is 22.0. The van der Waals surface area contributed by atoms with Crippen molar-refractivity contribution in [2.24, 2.45) is 0 Å². The largest absolute Gasteiger partial charge is 0.619 e. The molecule has 2 aromatic heterocycles. The van der Waals surface area contributed by atoms with Crippen LogP contribution in [0.2, 0.25) is 0 Å². The predicted octanol–water partition coefficient (Wildman–Crippen LogP) is 11.4. The third-order valence-electron chi connectivity index (χ3n) is 12.5. The number of aromatic nitrogens is 2. The topological polar surface area (TPSA) is 113 Å². The number of phenolic OH excluding ortho intramolecular Hbond substituents is 2. The summed E-state index contributed by atoms with van der Waals surface area (Å²) < 4.78 is 15.3. The molecule has 336 valence electrons. The van der Waals surface area contributed by atoms with Gasteiger partial charge in [0, 0.05) is 61.1 Å². The van der Waals surface area contributed by atoms with Crippen LogP contribution in [0.25, 0.3) is 0 Å². The fourth-order valence-electron chi connectivity index (χ4n) is 8.41. The quantitative estimate of drug-likeness (QED) is 0.127. The van der Waals surface area contributed by atoms with Crippen LogP contribution in [-0.4, -0.2) is 10.2 Å². The van der Waals surface area contributed by atoms with Crippen LogP contribution in [-0.2, 0) is 60.6 Å². The lowest BCUT2D eigenvalue weighted by atomic mass is 9.79. The molecule has 8 nitrogen and oxygen atoms in total. The molecule has 8 bridgehead atoms. The molecule has 7 rings (SSSR count). The molecule has 0 saturated carbocycles. The Hall–Kier alpha value is -6.02. The lowest BCUT2D eigenvalue weighted by Crippen LogP contribution is -2.24. The minimum absolute atomic E-state index is 0.224. The molecule has 8 heteroatoms. The van der Waals surface area contributed by atoms with Crippen molar-refractivity contribution < 1.29 is 29.1 Å². The maximum absolute atomic E-state index is 12.6. The summed E-state index contributed by atoms with van der Waals surface area (Å²) in [6, 6.07) is 24.4. The van der Waals surface area contributed by atoms with E-state index >= 15 is 0 Å². The van der Waals surface area contributed by atoms with Gasteiger partial charge in [-0.3, -0.25) is 0 Å². The lowest BCUT2D eigenvalue weighted by Gasteiger charge is -2.28. The molecule has 1 aliphatic carbocycles. The maximum atomic E-state index is 12.6. The van der Waals surface area contributed by atoms with E-state index in [-0.39, 0.29) is 46.4 Å². The summed E-state index contributed by atoms with van der Waals surface area (Å²) in [4.78, 5) is 0. The Bertz CT molecular complexity index is 2390. The summed E-state index contributed by atoms with van der Waals surface area (Å²) in [6.45, 7) is 26.8. The minimum atomic E-state index is -0.240. The normalized spacial score (nSPS) is 13.4. The maximum Gasteiger partial charge on any atom is 0.180 e. The molecule has 6 aromatic rings. The Labute approximate surface area is 380 Å². The van der Waals surface area contributed by atoms with Crippen molar-refractivity contribution in [3.05, 3.63) is 186 Å². The highest BCUT2D eigenvalue weighted by Gasteiger charge is 2.29. The van der Waals surface area contributed by atoms with Crippen molar-refractivity contribution in [2.75, 3.05) is 0 Å². The van der Waals surface area contributed by atoms with E-state index in [0.717, 1.165) is 87.3 Å². The first-order chi connectivity index (χ1) is 29.8. The van der Waals surface area contributed by atoms with Crippen LogP contribution in [0.15, 0.2) is 97.6 Å². The number of ether oxygens (including phenoxy) is 2. The Morgan fingerprint density at radius 1 is 0.406 bits per heavy atom. The van der Waals surface area contributed by atoms with Gasteiger partial charge in [0.25, 0.3) is 0 Å². The molecule has 0 amide bonds. The zero-order valence-corrected chi connectivity index (χ0v) is 39.9. The third kappa shape index (κ3) is 10.3. The summed E-state index contributed by atoms with van der Waals surface area (Å²) in [5.74, 6) is 1.85. The highest BCUT2D eigenvalue weighted by atomic mass is 16.5. The highest BCUT2D eigenvalue weighted by Crippen LogP contribution is 2.44. The number of hydrogen-bond donors (Lipinski definition) is 2. The summed E-state index contributed by atoms with van der Waals surface area (Å²) in [6.07, 6.45) is 7.43. The van der Waals surface area contributed by atoms with Crippen LogP contribution in [0.3, 0.4) is 0 Å². The molecule has 0 aliphatic heterocycles. The van der Waals surface area contributed by atoms with Crippen molar-refractivity contribution in [1.82, 2.24) is 0 Å². The molecule has 2 N–H and O–H groups in total. The molecular formula is C56H66N2O6. The smallest absolute Gasteiger partial charge is 0.180 e. The Kier molecular flexibility index (Phi) is 12.3. The number of nitrogens with zero attached hydrogens (tertiary/aromatic N) is 2. The Balaban J connectivity index is 1.54. The SMILES string of the molecule is CC(C)(C)c1cc2c(O)c(c1)Cc1cc(C(C)(C)C)cc(c1OCc1cc[n+]([O-])cc1)Cc1cc(C(C)(C)C)cc(c1O)Cc1cc(C(C)(C)C)cc(c1OCc1cc[n+]([O-])cc1)C2. The van der Waals surface area contributed by atoms with Crippen LogP contribution in [0, 0.1) is 10.4 Å². The average Bonchev–Trinajstić information content (AvgIpc) is 3.19. The third-order valence-corrected chi connectivity index (χ3v) is 12.5. The lowest BCUT2D eigenvalue weighted by molar-refractivity contribution is -0.605. The first kappa shape index (κ1) is 46.0. The van der Waals surface area contributed by atoms with Crippen molar-refractivity contribution in [3.63, 3.8) is 0 Å². The number of pyridine rings is 2. The van der Waals surface area contributed by atoms with Gasteiger partial charge in [-0.1, -0.05) is 132 Å². The van der Waals surface area contributed by atoms with Crippen molar-refractivity contribution in [1.29, 1.82) is 0 Å². The minimum Gasteiger partial charge on any atom is -0.619 e. The fraction of sp³-hybridized carbons (Fsp3) is 0.393. The summed E-state index contributed by atoms with van der Waals surface area (Å²) in [5, 5.41) is 49.1. The molecule has 0 radical (unpaired) electrons. The molecule has 0 saturated heterocycles. The molecule has 4 aromatic carbocycles. The van der Waals surface area contributed by atoms with E-state index in [1.165, 1.54) is 24.8 Å². The van der Waals surface area contributed by atoms with Crippen LogP contribution < -0.4 is 18.9 Å². The van der Waals surface area contributed by atoms with E-state index < -0.39 is 0 Å². The first-order valence-electron chi connectivity index (χ1n) is 22.5. The number of fused-ring (bicyclic) bond motifs is 8. The molecule has 0 atom stereocenters. The molecule has 0 unspecified atom stereocenters. The monoisotopic (exact) mass is 862 g/mol. The van der Waals surface area contributed by atoms with Crippen molar-refractivity contribution in [3.8, 4) is 23.0 Å². The molecule has 64 heavy (non-hydrogen) atoms. The van der Waals surface area contributed by atoms with Gasteiger partial charge < -0.3 is 30.1 Å². The van der Waals surface area contributed by atoms with Gasteiger partial charge >= 0.3 is 0 Å². The highest BCUT2D eigenvalue weighted by molar-refractivity contribution is 5.59.